The van der Waals surface area contributed by atoms with Crippen LogP contribution in [-0.4, -0.2) is 32.1 Å². The second-order valence-corrected chi connectivity index (χ2v) is 6.95. The van der Waals surface area contributed by atoms with Crippen LogP contribution in [0.2, 0.25) is 0 Å². The monoisotopic (exact) mass is 448 g/mol. The molecule has 0 atom stereocenters. The SMILES string of the molecule is CCCCNC(=O)/C(C#N)=C/c1ccc(OC(=O)/C=C/c2ccc(OCC)c(OC)c2)cc1. The van der Waals surface area contributed by atoms with Crippen molar-refractivity contribution in [1.82, 2.24) is 5.32 Å². The third kappa shape index (κ3) is 8.19. The maximum atomic E-state index is 12.2. The number of hydrogen-bond acceptors (Lipinski definition) is 6. The Labute approximate surface area is 194 Å². The zero-order chi connectivity index (χ0) is 24.1. The summed E-state index contributed by atoms with van der Waals surface area (Å²) in [5, 5.41) is 12.0. The van der Waals surface area contributed by atoms with Crippen molar-refractivity contribution in [3.05, 3.63) is 65.2 Å². The fourth-order valence-corrected chi connectivity index (χ4v) is 2.80. The Bertz CT molecular complexity index is 1050. The smallest absolute Gasteiger partial charge is 0.336 e. The summed E-state index contributed by atoms with van der Waals surface area (Å²) in [6.07, 6.45) is 6.23. The van der Waals surface area contributed by atoms with Crippen LogP contribution in [0.1, 0.15) is 37.8 Å². The van der Waals surface area contributed by atoms with Crippen molar-refractivity contribution >= 4 is 24.0 Å². The first-order valence-corrected chi connectivity index (χ1v) is 10.7. The van der Waals surface area contributed by atoms with Crippen LogP contribution in [0, 0.1) is 11.3 Å². The van der Waals surface area contributed by atoms with Crippen molar-refractivity contribution in [2.75, 3.05) is 20.3 Å². The summed E-state index contributed by atoms with van der Waals surface area (Å²) in [4.78, 5) is 24.2. The lowest BCUT2D eigenvalue weighted by Gasteiger charge is -2.09. The van der Waals surface area contributed by atoms with Gasteiger partial charge in [0.1, 0.15) is 17.4 Å². The Kier molecular flexibility index (Phi) is 10.2. The van der Waals surface area contributed by atoms with Crippen LogP contribution in [0.25, 0.3) is 12.2 Å². The van der Waals surface area contributed by atoms with Gasteiger partial charge < -0.3 is 19.5 Å². The highest BCUT2D eigenvalue weighted by atomic mass is 16.5. The van der Waals surface area contributed by atoms with Crippen molar-refractivity contribution < 1.29 is 23.8 Å². The molecule has 1 amide bonds. The van der Waals surface area contributed by atoms with E-state index in [0.29, 0.717) is 36.0 Å². The van der Waals surface area contributed by atoms with Crippen LogP contribution >= 0.6 is 0 Å². The lowest BCUT2D eigenvalue weighted by atomic mass is 10.1. The van der Waals surface area contributed by atoms with Crippen LogP contribution in [-0.2, 0) is 9.59 Å². The van der Waals surface area contributed by atoms with E-state index in [1.54, 1.807) is 49.6 Å². The molecule has 1 N–H and O–H groups in total. The summed E-state index contributed by atoms with van der Waals surface area (Å²) in [7, 11) is 1.55. The van der Waals surface area contributed by atoms with Gasteiger partial charge in [-0.1, -0.05) is 31.5 Å². The molecule has 0 aliphatic heterocycles. The number of unbranched alkanes of at least 4 members (excludes halogenated alkanes) is 1. The highest BCUT2D eigenvalue weighted by Crippen LogP contribution is 2.28. The Morgan fingerprint density at radius 2 is 1.79 bits per heavy atom. The van der Waals surface area contributed by atoms with E-state index >= 15 is 0 Å². The number of ether oxygens (including phenoxy) is 3. The minimum Gasteiger partial charge on any atom is -0.493 e. The molecule has 0 aliphatic carbocycles. The van der Waals surface area contributed by atoms with Crippen LogP contribution in [0.4, 0.5) is 0 Å². The average Bonchev–Trinajstić information content (AvgIpc) is 2.83. The molecule has 2 aromatic carbocycles. The predicted octanol–water partition coefficient (Wildman–Crippen LogP) is 4.54. The molecule has 0 saturated carbocycles. The number of hydrogen-bond donors (Lipinski definition) is 1. The standard InChI is InChI=1S/C26H28N2O5/c1-4-6-15-28-26(30)21(18-27)16-19-7-11-22(12-8-19)33-25(29)14-10-20-9-13-23(32-5-2)24(17-20)31-3/h7-14,16-17H,4-6,15H2,1-3H3,(H,28,30)/b14-10+,21-16+. The summed E-state index contributed by atoms with van der Waals surface area (Å²) in [5.74, 6) is 0.604. The van der Waals surface area contributed by atoms with E-state index in [9.17, 15) is 14.9 Å². The summed E-state index contributed by atoms with van der Waals surface area (Å²) < 4.78 is 16.1. The van der Waals surface area contributed by atoms with Gasteiger partial charge in [0.15, 0.2) is 11.5 Å². The van der Waals surface area contributed by atoms with Crippen molar-refractivity contribution in [2.24, 2.45) is 0 Å². The number of methoxy groups -OCH3 is 1. The number of nitriles is 1. The van der Waals surface area contributed by atoms with Gasteiger partial charge in [-0.15, -0.1) is 0 Å². The number of nitrogens with one attached hydrogen (secondary N) is 1. The molecule has 2 aromatic rings. The van der Waals surface area contributed by atoms with Gasteiger partial charge in [-0.25, -0.2) is 4.79 Å². The van der Waals surface area contributed by atoms with E-state index in [1.165, 1.54) is 12.2 Å². The lowest BCUT2D eigenvalue weighted by molar-refractivity contribution is -0.128. The molecule has 7 nitrogen and oxygen atoms in total. The summed E-state index contributed by atoms with van der Waals surface area (Å²) in [6.45, 7) is 4.96. The van der Waals surface area contributed by atoms with Gasteiger partial charge >= 0.3 is 5.97 Å². The average molecular weight is 449 g/mol. The molecule has 0 radical (unpaired) electrons. The topological polar surface area (TPSA) is 97.7 Å². The number of benzene rings is 2. The van der Waals surface area contributed by atoms with Crippen molar-refractivity contribution in [3.63, 3.8) is 0 Å². The van der Waals surface area contributed by atoms with E-state index in [4.69, 9.17) is 14.2 Å². The fraction of sp³-hybridized carbons (Fsp3) is 0.269. The molecule has 2 rings (SSSR count). The third-order valence-corrected chi connectivity index (χ3v) is 4.49. The van der Waals surface area contributed by atoms with Crippen LogP contribution in [0.5, 0.6) is 17.2 Å². The van der Waals surface area contributed by atoms with Crippen molar-refractivity contribution in [1.29, 1.82) is 5.26 Å². The van der Waals surface area contributed by atoms with E-state index in [2.05, 4.69) is 5.32 Å². The molecule has 0 saturated heterocycles. The summed E-state index contributed by atoms with van der Waals surface area (Å²) in [5.41, 5.74) is 1.42. The number of carbonyl (C=O) groups excluding carboxylic acids is 2. The molecule has 0 aromatic heterocycles. The van der Waals surface area contributed by atoms with Gasteiger partial charge in [0.05, 0.1) is 13.7 Å². The quantitative estimate of drug-likeness (QED) is 0.178. The van der Waals surface area contributed by atoms with E-state index < -0.39 is 11.9 Å². The highest BCUT2D eigenvalue weighted by Gasteiger charge is 2.09. The molecule has 33 heavy (non-hydrogen) atoms. The van der Waals surface area contributed by atoms with Gasteiger partial charge in [0, 0.05) is 12.6 Å². The number of nitrogens with zero attached hydrogens (tertiary/aromatic N) is 1. The second-order valence-electron chi connectivity index (χ2n) is 6.95. The first kappa shape index (κ1) is 25.2. The summed E-state index contributed by atoms with van der Waals surface area (Å²) in [6, 6.07) is 13.8. The van der Waals surface area contributed by atoms with Gasteiger partial charge in [-0.2, -0.15) is 5.26 Å². The van der Waals surface area contributed by atoms with Gasteiger partial charge in [-0.05, 0) is 60.9 Å². The van der Waals surface area contributed by atoms with Gasteiger partial charge in [0.2, 0.25) is 0 Å². The molecule has 0 bridgehead atoms. The Morgan fingerprint density at radius 1 is 1.06 bits per heavy atom. The molecule has 0 spiro atoms. The van der Waals surface area contributed by atoms with Crippen molar-refractivity contribution in [3.8, 4) is 23.3 Å². The minimum absolute atomic E-state index is 0.0181. The largest absolute Gasteiger partial charge is 0.493 e. The molecule has 0 heterocycles. The lowest BCUT2D eigenvalue weighted by Crippen LogP contribution is -2.25. The molecule has 0 unspecified atom stereocenters. The molecular weight excluding hydrogens is 420 g/mol. The predicted molar refractivity (Wildman–Crippen MR) is 127 cm³/mol. The van der Waals surface area contributed by atoms with Crippen LogP contribution < -0.4 is 19.5 Å². The van der Waals surface area contributed by atoms with Crippen LogP contribution in [0.15, 0.2) is 54.1 Å². The second kappa shape index (κ2) is 13.4. The maximum absolute atomic E-state index is 12.2. The number of amides is 1. The van der Waals surface area contributed by atoms with E-state index in [0.717, 1.165) is 18.4 Å². The van der Waals surface area contributed by atoms with E-state index in [1.807, 2.05) is 26.0 Å². The van der Waals surface area contributed by atoms with Gasteiger partial charge in [-0.3, -0.25) is 4.79 Å². The number of rotatable bonds is 11. The Morgan fingerprint density at radius 3 is 2.42 bits per heavy atom. The molecule has 7 heteroatoms. The third-order valence-electron chi connectivity index (χ3n) is 4.49. The molecule has 0 aliphatic rings. The number of carbonyl (C=O) groups is 2. The Hall–Kier alpha value is -4.05. The minimum atomic E-state index is -0.542. The number of esters is 1. The molecule has 172 valence electrons. The van der Waals surface area contributed by atoms with Gasteiger partial charge in [0.25, 0.3) is 5.91 Å². The first-order valence-electron chi connectivity index (χ1n) is 10.7. The molecule has 0 fully saturated rings. The zero-order valence-corrected chi connectivity index (χ0v) is 19.1. The van der Waals surface area contributed by atoms with E-state index in [-0.39, 0.29) is 5.57 Å². The zero-order valence-electron chi connectivity index (χ0n) is 19.1. The fourth-order valence-electron chi connectivity index (χ4n) is 2.80. The normalized spacial score (nSPS) is 11.0. The highest BCUT2D eigenvalue weighted by molar-refractivity contribution is 6.01. The first-order chi connectivity index (χ1) is 16.0. The van der Waals surface area contributed by atoms with Crippen molar-refractivity contribution in [2.45, 2.75) is 26.7 Å². The Balaban J connectivity index is 1.99. The molecular formula is C26H28N2O5. The maximum Gasteiger partial charge on any atom is 0.336 e. The van der Waals surface area contributed by atoms with Crippen LogP contribution in [0.3, 0.4) is 0 Å². The summed E-state index contributed by atoms with van der Waals surface area (Å²) >= 11 is 0.